The van der Waals surface area contributed by atoms with Crippen LogP contribution in [0.15, 0.2) is 82.6 Å². The Kier molecular flexibility index (Phi) is 7.45. The maximum atomic E-state index is 13.5. The van der Waals surface area contributed by atoms with E-state index in [-0.39, 0.29) is 11.4 Å². The number of carbonyl (C=O) groups excluding carboxylic acids is 1. The Morgan fingerprint density at radius 3 is 2.35 bits per heavy atom. The minimum atomic E-state index is -0.292. The summed E-state index contributed by atoms with van der Waals surface area (Å²) in [7, 11) is 1.66. The lowest BCUT2D eigenvalue weighted by molar-refractivity contribution is -0.136. The number of methoxy groups -OCH3 is 1. The van der Waals surface area contributed by atoms with Gasteiger partial charge in [-0.05, 0) is 69.2 Å². The molecule has 0 aliphatic rings. The van der Waals surface area contributed by atoms with Gasteiger partial charge in [-0.25, -0.2) is 0 Å². The monoisotopic (exact) mass is 433 g/mol. The van der Waals surface area contributed by atoms with Crippen LogP contribution in [0, 0.1) is 6.92 Å². The average Bonchev–Trinajstić information content (AvgIpc) is 2.74. The first-order valence-corrected chi connectivity index (χ1v) is 11.3. The standard InChI is InChI=1S/C27H31NO2S/c1-20-13-15-24(16-14-20)31-25-12-7-6-10-22(25)18-26(29)28(27(2,3)4)19-21-9-8-11-23(17-21)30-5/h6-17H,18-19H2,1-5H3. The van der Waals surface area contributed by atoms with Gasteiger partial charge in [-0.2, -0.15) is 0 Å². The van der Waals surface area contributed by atoms with Crippen molar-refractivity contribution in [1.82, 2.24) is 4.90 Å². The number of benzene rings is 3. The predicted molar refractivity (Wildman–Crippen MR) is 129 cm³/mol. The second-order valence-electron chi connectivity index (χ2n) is 8.70. The number of aryl methyl sites for hydroxylation is 1. The van der Waals surface area contributed by atoms with E-state index in [1.807, 2.05) is 41.3 Å². The van der Waals surface area contributed by atoms with Crippen LogP contribution in [0.2, 0.25) is 0 Å². The Morgan fingerprint density at radius 2 is 1.68 bits per heavy atom. The second-order valence-corrected chi connectivity index (χ2v) is 9.82. The molecule has 0 saturated carbocycles. The Bertz CT molecular complexity index is 1020. The fourth-order valence-electron chi connectivity index (χ4n) is 3.39. The van der Waals surface area contributed by atoms with Crippen molar-refractivity contribution < 1.29 is 9.53 Å². The van der Waals surface area contributed by atoms with Crippen molar-refractivity contribution in [2.45, 2.75) is 56.0 Å². The molecule has 3 rings (SSSR count). The minimum Gasteiger partial charge on any atom is -0.497 e. The molecule has 0 aromatic heterocycles. The Morgan fingerprint density at radius 1 is 0.968 bits per heavy atom. The summed E-state index contributed by atoms with van der Waals surface area (Å²) in [5.41, 5.74) is 3.06. The average molecular weight is 434 g/mol. The molecule has 0 spiro atoms. The number of carbonyl (C=O) groups is 1. The van der Waals surface area contributed by atoms with E-state index in [2.05, 4.69) is 64.1 Å². The van der Waals surface area contributed by atoms with Crippen LogP contribution in [0.5, 0.6) is 5.75 Å². The molecule has 1 amide bonds. The van der Waals surface area contributed by atoms with E-state index in [0.717, 1.165) is 21.8 Å². The van der Waals surface area contributed by atoms with Gasteiger partial charge in [0.25, 0.3) is 0 Å². The smallest absolute Gasteiger partial charge is 0.227 e. The molecule has 0 aliphatic heterocycles. The topological polar surface area (TPSA) is 29.5 Å². The molecular formula is C27H31NO2S. The maximum absolute atomic E-state index is 13.5. The van der Waals surface area contributed by atoms with Crippen molar-refractivity contribution in [2.75, 3.05) is 7.11 Å². The van der Waals surface area contributed by atoms with Crippen molar-refractivity contribution in [3.05, 3.63) is 89.5 Å². The maximum Gasteiger partial charge on any atom is 0.227 e. The summed E-state index contributed by atoms with van der Waals surface area (Å²) in [6.07, 6.45) is 0.371. The number of hydrogen-bond acceptors (Lipinski definition) is 3. The van der Waals surface area contributed by atoms with Gasteiger partial charge in [-0.1, -0.05) is 59.8 Å². The van der Waals surface area contributed by atoms with Crippen molar-refractivity contribution in [3.63, 3.8) is 0 Å². The molecule has 4 heteroatoms. The molecule has 0 atom stereocenters. The van der Waals surface area contributed by atoms with E-state index in [4.69, 9.17) is 4.74 Å². The van der Waals surface area contributed by atoms with Gasteiger partial charge in [-0.3, -0.25) is 4.79 Å². The quantitative estimate of drug-likeness (QED) is 0.424. The van der Waals surface area contributed by atoms with Crippen LogP contribution in [0.25, 0.3) is 0 Å². The molecule has 162 valence electrons. The minimum absolute atomic E-state index is 0.118. The van der Waals surface area contributed by atoms with Gasteiger partial charge in [0, 0.05) is 21.9 Å². The third-order valence-electron chi connectivity index (χ3n) is 5.15. The third-order valence-corrected chi connectivity index (χ3v) is 6.27. The fraction of sp³-hybridized carbons (Fsp3) is 0.296. The molecule has 3 aromatic carbocycles. The number of rotatable bonds is 7. The number of amides is 1. The molecule has 0 radical (unpaired) electrons. The van der Waals surface area contributed by atoms with Crippen molar-refractivity contribution in [3.8, 4) is 5.75 Å². The van der Waals surface area contributed by atoms with Crippen LogP contribution in [0.1, 0.15) is 37.5 Å². The molecule has 0 heterocycles. The summed E-state index contributed by atoms with van der Waals surface area (Å²) in [6.45, 7) is 8.88. The molecule has 0 aliphatic carbocycles. The highest BCUT2D eigenvalue weighted by atomic mass is 32.2. The third kappa shape index (κ3) is 6.38. The molecule has 0 N–H and O–H groups in total. The molecular weight excluding hydrogens is 402 g/mol. The highest BCUT2D eigenvalue weighted by Crippen LogP contribution is 2.31. The highest BCUT2D eigenvalue weighted by molar-refractivity contribution is 7.99. The molecule has 3 aromatic rings. The molecule has 3 nitrogen and oxygen atoms in total. The first-order valence-electron chi connectivity index (χ1n) is 10.5. The van der Waals surface area contributed by atoms with Crippen LogP contribution >= 0.6 is 11.8 Å². The molecule has 31 heavy (non-hydrogen) atoms. The van der Waals surface area contributed by atoms with E-state index in [1.54, 1.807) is 18.9 Å². The number of nitrogens with zero attached hydrogens (tertiary/aromatic N) is 1. The largest absolute Gasteiger partial charge is 0.497 e. The lowest BCUT2D eigenvalue weighted by atomic mass is 10.0. The van der Waals surface area contributed by atoms with Gasteiger partial charge in [0.05, 0.1) is 13.5 Å². The predicted octanol–water partition coefficient (Wildman–Crippen LogP) is 6.52. The van der Waals surface area contributed by atoms with E-state index < -0.39 is 0 Å². The van der Waals surface area contributed by atoms with E-state index >= 15 is 0 Å². The van der Waals surface area contributed by atoms with Crippen LogP contribution in [-0.2, 0) is 17.8 Å². The number of ether oxygens (including phenoxy) is 1. The second kappa shape index (κ2) is 10.1. The van der Waals surface area contributed by atoms with E-state index in [9.17, 15) is 4.79 Å². The number of hydrogen-bond donors (Lipinski definition) is 0. The van der Waals surface area contributed by atoms with E-state index in [1.165, 1.54) is 10.5 Å². The van der Waals surface area contributed by atoms with Crippen LogP contribution in [-0.4, -0.2) is 23.5 Å². The molecule has 0 saturated heterocycles. The lowest BCUT2D eigenvalue weighted by Gasteiger charge is -2.36. The molecule has 0 unspecified atom stereocenters. The van der Waals surface area contributed by atoms with Crippen LogP contribution in [0.4, 0.5) is 0 Å². The molecule has 0 bridgehead atoms. The van der Waals surface area contributed by atoms with Crippen molar-refractivity contribution in [2.24, 2.45) is 0 Å². The summed E-state index contributed by atoms with van der Waals surface area (Å²) in [6, 6.07) is 24.6. The van der Waals surface area contributed by atoms with Gasteiger partial charge in [0.1, 0.15) is 5.75 Å². The Hall–Kier alpha value is -2.72. The van der Waals surface area contributed by atoms with Crippen LogP contribution < -0.4 is 4.74 Å². The first kappa shape index (κ1) is 23.0. The van der Waals surface area contributed by atoms with Crippen molar-refractivity contribution >= 4 is 17.7 Å². The van der Waals surface area contributed by atoms with E-state index in [0.29, 0.717) is 13.0 Å². The van der Waals surface area contributed by atoms with Gasteiger partial charge >= 0.3 is 0 Å². The first-order chi connectivity index (χ1) is 14.8. The van der Waals surface area contributed by atoms with Crippen molar-refractivity contribution in [1.29, 1.82) is 0 Å². The zero-order valence-corrected chi connectivity index (χ0v) is 19.8. The van der Waals surface area contributed by atoms with Gasteiger partial charge in [-0.15, -0.1) is 0 Å². The summed E-state index contributed by atoms with van der Waals surface area (Å²) in [5, 5.41) is 0. The molecule has 0 fully saturated rings. The van der Waals surface area contributed by atoms with Gasteiger partial charge in [0.2, 0.25) is 5.91 Å². The fourth-order valence-corrected chi connectivity index (χ4v) is 4.34. The highest BCUT2D eigenvalue weighted by Gasteiger charge is 2.27. The lowest BCUT2D eigenvalue weighted by Crippen LogP contribution is -2.45. The van der Waals surface area contributed by atoms with Crippen LogP contribution in [0.3, 0.4) is 0 Å². The zero-order valence-electron chi connectivity index (χ0n) is 19.0. The SMILES string of the molecule is COc1cccc(CN(C(=O)Cc2ccccc2Sc2ccc(C)cc2)C(C)(C)C)c1. The van der Waals surface area contributed by atoms with Gasteiger partial charge < -0.3 is 9.64 Å². The Labute approximate surface area is 190 Å². The normalized spacial score (nSPS) is 11.3. The zero-order chi connectivity index (χ0) is 22.4. The van der Waals surface area contributed by atoms with Gasteiger partial charge in [0.15, 0.2) is 0 Å². The Balaban J connectivity index is 1.81. The summed E-state index contributed by atoms with van der Waals surface area (Å²) in [5.74, 6) is 0.922. The summed E-state index contributed by atoms with van der Waals surface area (Å²) in [4.78, 5) is 17.7. The summed E-state index contributed by atoms with van der Waals surface area (Å²) < 4.78 is 5.35. The summed E-state index contributed by atoms with van der Waals surface area (Å²) >= 11 is 1.71.